The number of alkyl halides is 1. The molecular formula is C7H10BrNS. The monoisotopic (exact) mass is 219 g/mol. The van der Waals surface area contributed by atoms with Crippen LogP contribution in [-0.2, 0) is 6.42 Å². The number of hydrogen-bond acceptors (Lipinski definition) is 2. The number of aromatic nitrogens is 1. The lowest BCUT2D eigenvalue weighted by Crippen LogP contribution is -1.85. The molecule has 56 valence electrons. The van der Waals surface area contributed by atoms with E-state index in [1.807, 2.05) is 6.92 Å². The first-order valence-electron chi connectivity index (χ1n) is 3.30. The Morgan fingerprint density at radius 3 is 3.00 bits per heavy atom. The molecule has 0 atom stereocenters. The number of thiazole rings is 1. The average molecular weight is 220 g/mol. The van der Waals surface area contributed by atoms with Gasteiger partial charge in [-0.1, -0.05) is 15.9 Å². The van der Waals surface area contributed by atoms with Crippen LogP contribution in [0.4, 0.5) is 0 Å². The van der Waals surface area contributed by atoms with Crippen molar-refractivity contribution in [2.75, 3.05) is 5.33 Å². The predicted octanol–water partition coefficient (Wildman–Crippen LogP) is 2.78. The van der Waals surface area contributed by atoms with Crippen molar-refractivity contribution in [3.63, 3.8) is 0 Å². The first-order valence-corrected chi connectivity index (χ1v) is 5.30. The van der Waals surface area contributed by atoms with Crippen molar-refractivity contribution < 1.29 is 0 Å². The van der Waals surface area contributed by atoms with Gasteiger partial charge in [0.2, 0.25) is 0 Å². The molecule has 0 spiro atoms. The Morgan fingerprint density at radius 1 is 1.70 bits per heavy atom. The van der Waals surface area contributed by atoms with Gasteiger partial charge < -0.3 is 0 Å². The highest BCUT2D eigenvalue weighted by Crippen LogP contribution is 2.09. The van der Waals surface area contributed by atoms with Crippen molar-refractivity contribution in [1.82, 2.24) is 4.98 Å². The molecule has 0 amide bonds. The molecule has 0 unspecified atom stereocenters. The molecule has 0 aliphatic rings. The van der Waals surface area contributed by atoms with Gasteiger partial charge in [-0.25, -0.2) is 4.98 Å². The molecule has 3 heteroatoms. The van der Waals surface area contributed by atoms with Crippen LogP contribution in [0.1, 0.15) is 17.1 Å². The van der Waals surface area contributed by atoms with Gasteiger partial charge in [-0.2, -0.15) is 0 Å². The van der Waals surface area contributed by atoms with Crippen LogP contribution in [0, 0.1) is 6.92 Å². The smallest absolute Gasteiger partial charge is 0.0897 e. The van der Waals surface area contributed by atoms with E-state index in [0.29, 0.717) is 0 Å². The lowest BCUT2D eigenvalue weighted by molar-refractivity contribution is 0.902. The molecule has 10 heavy (non-hydrogen) atoms. The molecule has 0 aromatic carbocycles. The van der Waals surface area contributed by atoms with Crippen LogP contribution in [0.15, 0.2) is 5.38 Å². The van der Waals surface area contributed by atoms with E-state index in [0.717, 1.165) is 11.8 Å². The maximum atomic E-state index is 4.35. The minimum atomic E-state index is 1.07. The second-order valence-electron chi connectivity index (χ2n) is 2.15. The fourth-order valence-electron chi connectivity index (χ4n) is 0.771. The summed E-state index contributed by atoms with van der Waals surface area (Å²) in [5.74, 6) is 0. The van der Waals surface area contributed by atoms with Crippen molar-refractivity contribution in [3.05, 3.63) is 16.1 Å². The van der Waals surface area contributed by atoms with E-state index >= 15 is 0 Å². The Kier molecular flexibility index (Phi) is 3.35. The Balaban J connectivity index is 2.42. The molecule has 0 saturated heterocycles. The number of hydrogen-bond donors (Lipinski definition) is 0. The maximum Gasteiger partial charge on any atom is 0.0897 e. The van der Waals surface area contributed by atoms with Gasteiger partial charge in [0.05, 0.1) is 10.7 Å². The summed E-state index contributed by atoms with van der Waals surface area (Å²) in [6.07, 6.45) is 2.29. The van der Waals surface area contributed by atoms with Crippen LogP contribution in [-0.4, -0.2) is 10.3 Å². The third-order valence-corrected chi connectivity index (χ3v) is 2.62. The zero-order valence-electron chi connectivity index (χ0n) is 5.93. The second-order valence-corrected chi connectivity index (χ2v) is 4.01. The number of rotatable bonds is 3. The van der Waals surface area contributed by atoms with Crippen molar-refractivity contribution in [2.45, 2.75) is 19.8 Å². The van der Waals surface area contributed by atoms with Gasteiger partial charge >= 0.3 is 0 Å². The Bertz CT molecular complexity index is 197. The van der Waals surface area contributed by atoms with Crippen molar-refractivity contribution in [3.8, 4) is 0 Å². The highest BCUT2D eigenvalue weighted by Gasteiger charge is 1.95. The molecule has 1 heterocycles. The van der Waals surface area contributed by atoms with Gasteiger partial charge in [-0.3, -0.25) is 0 Å². The van der Waals surface area contributed by atoms with Crippen molar-refractivity contribution >= 4 is 27.3 Å². The Morgan fingerprint density at radius 2 is 2.50 bits per heavy atom. The predicted molar refractivity (Wildman–Crippen MR) is 49.0 cm³/mol. The van der Waals surface area contributed by atoms with Gasteiger partial charge in [0.25, 0.3) is 0 Å². The third kappa shape index (κ3) is 2.39. The first kappa shape index (κ1) is 8.21. The normalized spacial score (nSPS) is 10.2. The lowest BCUT2D eigenvalue weighted by Gasteiger charge is -1.89. The number of aryl methyl sites for hydroxylation is 2. The second kappa shape index (κ2) is 4.09. The molecule has 0 aliphatic carbocycles. The Labute approximate surface area is 73.6 Å². The summed E-state index contributed by atoms with van der Waals surface area (Å²) >= 11 is 5.12. The molecule has 0 saturated carbocycles. The largest absolute Gasteiger partial charge is 0.247 e. The fraction of sp³-hybridized carbons (Fsp3) is 0.571. The van der Waals surface area contributed by atoms with Gasteiger partial charge in [-0.15, -0.1) is 11.3 Å². The summed E-state index contributed by atoms with van der Waals surface area (Å²) in [7, 11) is 0. The molecule has 0 aliphatic heterocycles. The molecule has 0 fully saturated rings. The minimum absolute atomic E-state index is 1.07. The maximum absolute atomic E-state index is 4.35. The molecule has 0 bridgehead atoms. The van der Waals surface area contributed by atoms with E-state index in [4.69, 9.17) is 0 Å². The van der Waals surface area contributed by atoms with Gasteiger partial charge in [0, 0.05) is 10.7 Å². The van der Waals surface area contributed by atoms with E-state index in [-0.39, 0.29) is 0 Å². The summed E-state index contributed by atoms with van der Waals surface area (Å²) in [6, 6.07) is 0. The van der Waals surface area contributed by atoms with E-state index in [1.54, 1.807) is 11.3 Å². The van der Waals surface area contributed by atoms with Crippen molar-refractivity contribution in [2.24, 2.45) is 0 Å². The SMILES string of the molecule is Cc1nc(CCCBr)cs1. The number of halogens is 1. The molecular weight excluding hydrogens is 210 g/mol. The van der Waals surface area contributed by atoms with Gasteiger partial charge in [0.15, 0.2) is 0 Å². The first-order chi connectivity index (χ1) is 4.83. The van der Waals surface area contributed by atoms with Crippen molar-refractivity contribution in [1.29, 1.82) is 0 Å². The molecule has 0 radical (unpaired) electrons. The molecule has 1 aromatic heterocycles. The summed E-state index contributed by atoms with van der Waals surface area (Å²) in [5.41, 5.74) is 1.24. The van der Waals surface area contributed by atoms with Crippen LogP contribution in [0.3, 0.4) is 0 Å². The van der Waals surface area contributed by atoms with E-state index in [2.05, 4.69) is 26.3 Å². The van der Waals surface area contributed by atoms with Crippen LogP contribution in [0.2, 0.25) is 0 Å². The van der Waals surface area contributed by atoms with E-state index < -0.39 is 0 Å². The topological polar surface area (TPSA) is 12.9 Å². The molecule has 1 rings (SSSR count). The minimum Gasteiger partial charge on any atom is -0.247 e. The van der Waals surface area contributed by atoms with Gasteiger partial charge in [-0.05, 0) is 19.8 Å². The third-order valence-electron chi connectivity index (χ3n) is 1.23. The standard InChI is InChI=1S/C7H10BrNS/c1-6-9-7(5-10-6)3-2-4-8/h5H,2-4H2,1H3. The van der Waals surface area contributed by atoms with Crippen LogP contribution < -0.4 is 0 Å². The summed E-state index contributed by atoms with van der Waals surface area (Å²) in [4.78, 5) is 4.35. The molecule has 1 nitrogen and oxygen atoms in total. The summed E-state index contributed by atoms with van der Waals surface area (Å²) < 4.78 is 0. The van der Waals surface area contributed by atoms with E-state index in [9.17, 15) is 0 Å². The highest BCUT2D eigenvalue weighted by molar-refractivity contribution is 9.09. The Hall–Kier alpha value is 0.110. The van der Waals surface area contributed by atoms with Crippen LogP contribution >= 0.6 is 27.3 Å². The highest BCUT2D eigenvalue weighted by atomic mass is 79.9. The van der Waals surface area contributed by atoms with E-state index in [1.165, 1.54) is 17.1 Å². The fourth-order valence-corrected chi connectivity index (χ4v) is 1.70. The molecule has 0 N–H and O–H groups in total. The van der Waals surface area contributed by atoms with Crippen LogP contribution in [0.5, 0.6) is 0 Å². The summed E-state index contributed by atoms with van der Waals surface area (Å²) in [5, 5.41) is 4.38. The zero-order valence-corrected chi connectivity index (χ0v) is 8.33. The van der Waals surface area contributed by atoms with Gasteiger partial charge in [0.1, 0.15) is 0 Å². The quantitative estimate of drug-likeness (QED) is 0.713. The van der Waals surface area contributed by atoms with Crippen LogP contribution in [0.25, 0.3) is 0 Å². The molecule has 1 aromatic rings. The lowest BCUT2D eigenvalue weighted by atomic mass is 10.3. The summed E-state index contributed by atoms with van der Waals surface area (Å²) in [6.45, 7) is 2.04. The number of nitrogens with zero attached hydrogens (tertiary/aromatic N) is 1. The average Bonchev–Trinajstić information content (AvgIpc) is 2.31. The zero-order chi connectivity index (χ0) is 7.40.